The summed E-state index contributed by atoms with van der Waals surface area (Å²) in [5.41, 5.74) is 2.33. The van der Waals surface area contributed by atoms with Crippen LogP contribution in [0.25, 0.3) is 5.65 Å². The van der Waals surface area contributed by atoms with E-state index in [2.05, 4.69) is 15.2 Å². The van der Waals surface area contributed by atoms with Crippen LogP contribution in [-0.4, -0.2) is 75.6 Å². The Morgan fingerprint density at radius 1 is 1.18 bits per heavy atom. The second-order valence-corrected chi connectivity index (χ2v) is 7.88. The first-order chi connectivity index (χ1) is 13.8. The Bertz CT molecular complexity index is 799. The molecule has 2 saturated heterocycles. The first-order valence-electron chi connectivity index (χ1n) is 10.6. The molecule has 4 heterocycles. The maximum absolute atomic E-state index is 13.0. The lowest BCUT2D eigenvalue weighted by atomic mass is 10.0. The average molecular weight is 386 g/mol. The van der Waals surface area contributed by atoms with Gasteiger partial charge in [0.1, 0.15) is 5.65 Å². The van der Waals surface area contributed by atoms with Crippen LogP contribution in [0.15, 0.2) is 24.4 Å². The molecule has 7 nitrogen and oxygen atoms in total. The number of aromatic nitrogens is 2. The lowest BCUT2D eigenvalue weighted by Gasteiger charge is -2.34. The van der Waals surface area contributed by atoms with Crippen LogP contribution in [-0.2, 0) is 6.54 Å². The van der Waals surface area contributed by atoms with E-state index in [0.717, 1.165) is 63.3 Å². The summed E-state index contributed by atoms with van der Waals surface area (Å²) in [6.45, 7) is 5.31. The van der Waals surface area contributed by atoms with Gasteiger partial charge in [-0.05, 0) is 44.4 Å². The minimum atomic E-state index is 0.0503. The predicted octanol–water partition coefficient (Wildman–Crippen LogP) is 1.51. The van der Waals surface area contributed by atoms with Crippen molar-refractivity contribution in [2.24, 2.45) is 0 Å². The van der Waals surface area contributed by atoms with Crippen molar-refractivity contribution in [2.75, 3.05) is 39.3 Å². The van der Waals surface area contributed by atoms with E-state index in [0.29, 0.717) is 18.3 Å². The molecule has 28 heavy (non-hydrogen) atoms. The molecule has 0 saturated carbocycles. The van der Waals surface area contributed by atoms with E-state index in [-0.39, 0.29) is 12.5 Å². The number of imidazole rings is 1. The van der Waals surface area contributed by atoms with Crippen LogP contribution in [0.3, 0.4) is 0 Å². The number of hydrogen-bond donors (Lipinski definition) is 2. The highest BCUT2D eigenvalue weighted by Gasteiger charge is 2.26. The Hall–Kier alpha value is -1.96. The Morgan fingerprint density at radius 3 is 2.82 bits per heavy atom. The molecule has 1 unspecified atom stereocenters. The van der Waals surface area contributed by atoms with E-state index in [1.165, 1.54) is 12.8 Å². The number of nitrogens with one attached hydrogen (secondary N) is 1. The minimum absolute atomic E-state index is 0.0503. The fourth-order valence-corrected chi connectivity index (χ4v) is 4.45. The van der Waals surface area contributed by atoms with Gasteiger partial charge in [-0.2, -0.15) is 0 Å². The molecule has 0 bridgehead atoms. The molecule has 1 amide bonds. The van der Waals surface area contributed by atoms with Crippen molar-refractivity contribution in [3.63, 3.8) is 0 Å². The third-order valence-corrected chi connectivity index (χ3v) is 6.05. The standard InChI is InChI=1S/C21H31N5O2/c27-16-17-7-1-3-10-24(17)14-9-22-15-18-20(21(28)25-11-5-6-12-25)23-19-8-2-4-13-26(18)19/h2,4,8,13,17,22,27H,1,3,5-7,9-12,14-16H2. The topological polar surface area (TPSA) is 73.1 Å². The number of aliphatic hydroxyl groups is 1. The van der Waals surface area contributed by atoms with Crippen LogP contribution < -0.4 is 5.32 Å². The largest absolute Gasteiger partial charge is 0.395 e. The lowest BCUT2D eigenvalue weighted by Crippen LogP contribution is -2.44. The van der Waals surface area contributed by atoms with E-state index in [1.54, 1.807) is 0 Å². The summed E-state index contributed by atoms with van der Waals surface area (Å²) < 4.78 is 2.02. The van der Waals surface area contributed by atoms with E-state index >= 15 is 0 Å². The second-order valence-electron chi connectivity index (χ2n) is 7.88. The van der Waals surface area contributed by atoms with Gasteiger partial charge in [0.05, 0.1) is 12.3 Å². The van der Waals surface area contributed by atoms with Crippen molar-refractivity contribution in [3.05, 3.63) is 35.8 Å². The molecule has 1 atom stereocenters. The van der Waals surface area contributed by atoms with Crippen molar-refractivity contribution in [3.8, 4) is 0 Å². The maximum atomic E-state index is 13.0. The fraction of sp³-hybridized carbons (Fsp3) is 0.619. The number of piperidine rings is 1. The number of aliphatic hydroxyl groups excluding tert-OH is 1. The van der Waals surface area contributed by atoms with Crippen LogP contribution in [0.1, 0.15) is 48.3 Å². The third-order valence-electron chi connectivity index (χ3n) is 6.05. The smallest absolute Gasteiger partial charge is 0.274 e. The summed E-state index contributed by atoms with van der Waals surface area (Å²) >= 11 is 0. The van der Waals surface area contributed by atoms with Crippen LogP contribution in [0, 0.1) is 0 Å². The van der Waals surface area contributed by atoms with E-state index < -0.39 is 0 Å². The molecule has 0 radical (unpaired) electrons. The number of rotatable bonds is 7. The maximum Gasteiger partial charge on any atom is 0.274 e. The highest BCUT2D eigenvalue weighted by molar-refractivity contribution is 5.94. The van der Waals surface area contributed by atoms with E-state index in [1.807, 2.05) is 33.7 Å². The molecule has 2 aliphatic heterocycles. The average Bonchev–Trinajstić information content (AvgIpc) is 3.39. The molecular weight excluding hydrogens is 354 g/mol. The summed E-state index contributed by atoms with van der Waals surface area (Å²) in [7, 11) is 0. The molecule has 0 aromatic carbocycles. The monoisotopic (exact) mass is 385 g/mol. The molecule has 2 aromatic rings. The highest BCUT2D eigenvalue weighted by Crippen LogP contribution is 2.18. The van der Waals surface area contributed by atoms with Gasteiger partial charge in [0.15, 0.2) is 5.69 Å². The van der Waals surface area contributed by atoms with Gasteiger partial charge >= 0.3 is 0 Å². The number of likely N-dealkylation sites (tertiary alicyclic amines) is 2. The van der Waals surface area contributed by atoms with Gasteiger partial charge in [-0.1, -0.05) is 12.5 Å². The fourth-order valence-electron chi connectivity index (χ4n) is 4.45. The Morgan fingerprint density at radius 2 is 2.00 bits per heavy atom. The number of hydrogen-bond acceptors (Lipinski definition) is 5. The van der Waals surface area contributed by atoms with E-state index in [4.69, 9.17) is 0 Å². The summed E-state index contributed by atoms with van der Waals surface area (Å²) in [6, 6.07) is 6.17. The quantitative estimate of drug-likeness (QED) is 0.707. The zero-order valence-corrected chi connectivity index (χ0v) is 16.5. The van der Waals surface area contributed by atoms with E-state index in [9.17, 15) is 9.90 Å². The molecule has 2 fully saturated rings. The number of amides is 1. The molecule has 2 aromatic heterocycles. The number of nitrogens with zero attached hydrogens (tertiary/aromatic N) is 4. The minimum Gasteiger partial charge on any atom is -0.395 e. The summed E-state index contributed by atoms with van der Waals surface area (Å²) in [5.74, 6) is 0.0503. The van der Waals surface area contributed by atoms with Crippen molar-refractivity contribution in [1.82, 2.24) is 24.5 Å². The Balaban J connectivity index is 1.43. The van der Waals surface area contributed by atoms with Crippen LogP contribution >= 0.6 is 0 Å². The van der Waals surface area contributed by atoms with Crippen molar-refractivity contribution in [1.29, 1.82) is 0 Å². The van der Waals surface area contributed by atoms with Crippen LogP contribution in [0.2, 0.25) is 0 Å². The zero-order chi connectivity index (χ0) is 19.3. The van der Waals surface area contributed by atoms with Gasteiger partial charge in [-0.15, -0.1) is 0 Å². The van der Waals surface area contributed by atoms with Crippen molar-refractivity contribution >= 4 is 11.6 Å². The number of pyridine rings is 1. The first kappa shape index (κ1) is 19.4. The normalized spacial score (nSPS) is 20.9. The Labute approximate surface area is 166 Å². The SMILES string of the molecule is O=C(c1nc2ccccn2c1CNCCN1CCCCC1CO)N1CCCC1. The molecule has 0 aliphatic carbocycles. The lowest BCUT2D eigenvalue weighted by molar-refractivity contribution is 0.0786. The third kappa shape index (κ3) is 4.06. The molecule has 7 heteroatoms. The van der Waals surface area contributed by atoms with Gasteiger partial charge in [0.25, 0.3) is 5.91 Å². The van der Waals surface area contributed by atoms with Crippen LogP contribution in [0.5, 0.6) is 0 Å². The van der Waals surface area contributed by atoms with Gasteiger partial charge in [-0.3, -0.25) is 9.69 Å². The van der Waals surface area contributed by atoms with Crippen LogP contribution in [0.4, 0.5) is 0 Å². The van der Waals surface area contributed by atoms with Crippen molar-refractivity contribution in [2.45, 2.75) is 44.7 Å². The van der Waals surface area contributed by atoms with Gasteiger partial charge in [-0.25, -0.2) is 4.98 Å². The first-order valence-corrected chi connectivity index (χ1v) is 10.6. The summed E-state index contributed by atoms with van der Waals surface area (Å²) in [4.78, 5) is 21.9. The number of carbonyl (C=O) groups is 1. The highest BCUT2D eigenvalue weighted by atomic mass is 16.3. The summed E-state index contributed by atoms with van der Waals surface area (Å²) in [6.07, 6.45) is 7.63. The second kappa shape index (κ2) is 9.03. The molecule has 0 spiro atoms. The van der Waals surface area contributed by atoms with Gasteiger partial charge in [0.2, 0.25) is 0 Å². The molecule has 4 rings (SSSR count). The van der Waals surface area contributed by atoms with Crippen molar-refractivity contribution < 1.29 is 9.90 Å². The Kier molecular flexibility index (Phi) is 6.24. The molecule has 2 N–H and O–H groups in total. The van der Waals surface area contributed by atoms with Gasteiger partial charge in [0, 0.05) is 45.0 Å². The van der Waals surface area contributed by atoms with Gasteiger partial charge < -0.3 is 19.7 Å². The molecule has 152 valence electrons. The predicted molar refractivity (Wildman–Crippen MR) is 108 cm³/mol. The number of fused-ring (bicyclic) bond motifs is 1. The molecule has 2 aliphatic rings. The summed E-state index contributed by atoms with van der Waals surface area (Å²) in [5, 5.41) is 13.1. The number of carbonyl (C=O) groups excluding carboxylic acids is 1. The molecular formula is C21H31N5O2. The zero-order valence-electron chi connectivity index (χ0n) is 16.5.